The van der Waals surface area contributed by atoms with Crippen molar-refractivity contribution in [2.75, 3.05) is 58.3 Å². The molecule has 2 aromatic carbocycles. The zero-order chi connectivity index (χ0) is 29.6. The number of H-pyrrole nitrogens is 1. The number of likely N-dealkylation sites (tertiary alicyclic amines) is 1. The van der Waals surface area contributed by atoms with Gasteiger partial charge in [-0.15, -0.1) is 0 Å². The zero-order valence-corrected chi connectivity index (χ0v) is 25.0. The molecule has 9 nitrogen and oxygen atoms in total. The number of aryl methyl sites for hydroxylation is 1. The number of halogens is 2. The number of aromatic amines is 1. The molecule has 1 N–H and O–H groups in total. The monoisotopic (exact) mass is 591 g/mol. The summed E-state index contributed by atoms with van der Waals surface area (Å²) in [5.74, 6) is 0.0757. The highest BCUT2D eigenvalue weighted by molar-refractivity contribution is 6.35. The lowest BCUT2D eigenvalue weighted by Gasteiger charge is -2.54. The molecular formula is C31H35ClFN7O2. The van der Waals surface area contributed by atoms with Crippen LogP contribution >= 0.6 is 11.6 Å². The number of piperidine rings is 1. The smallest absolute Gasteiger partial charge is 0.319 e. The van der Waals surface area contributed by atoms with Crippen LogP contribution in [0.15, 0.2) is 37.1 Å². The standard InChI is InChI=1S/C31H35ClFN7O2/c1-5-24(41)40-17-31(18-40)9-12-39(13-10-31)29-20-15-22(32)26(25-19(2)7-8-23-21(25)16-34-37-23)27(33)28(20)35-30(36-29)42-14-6-11-38(3)4/h5,7-8,15-16H,1,6,9-14,17-18H2,2-4H3,(H,34,37). The van der Waals surface area contributed by atoms with Crippen LogP contribution in [0.1, 0.15) is 24.8 Å². The lowest BCUT2D eigenvalue weighted by Crippen LogP contribution is -2.61. The number of ether oxygens (including phenoxy) is 1. The maximum absolute atomic E-state index is 16.7. The minimum atomic E-state index is -0.512. The van der Waals surface area contributed by atoms with Gasteiger partial charge in [-0.05, 0) is 64.1 Å². The fourth-order valence-corrected chi connectivity index (χ4v) is 6.54. The first kappa shape index (κ1) is 28.4. The second kappa shape index (κ2) is 11.1. The number of rotatable bonds is 8. The Bertz CT molecular complexity index is 1670. The molecule has 0 saturated carbocycles. The van der Waals surface area contributed by atoms with E-state index in [-0.39, 0.29) is 33.4 Å². The molecule has 2 aromatic heterocycles. The van der Waals surface area contributed by atoms with Gasteiger partial charge in [-0.1, -0.05) is 24.2 Å². The maximum atomic E-state index is 16.7. The summed E-state index contributed by atoms with van der Waals surface area (Å²) < 4.78 is 22.6. The Balaban J connectivity index is 1.39. The lowest BCUT2D eigenvalue weighted by atomic mass is 9.72. The Labute approximate surface area is 249 Å². The second-order valence-corrected chi connectivity index (χ2v) is 12.2. The molecule has 2 saturated heterocycles. The maximum Gasteiger partial charge on any atom is 0.319 e. The van der Waals surface area contributed by atoms with Gasteiger partial charge in [-0.25, -0.2) is 4.39 Å². The van der Waals surface area contributed by atoms with Crippen LogP contribution < -0.4 is 9.64 Å². The van der Waals surface area contributed by atoms with E-state index in [0.717, 1.165) is 68.5 Å². The first-order chi connectivity index (χ1) is 20.2. The Morgan fingerprint density at radius 1 is 1.21 bits per heavy atom. The number of fused-ring (bicyclic) bond motifs is 2. The summed E-state index contributed by atoms with van der Waals surface area (Å²) in [4.78, 5) is 27.5. The largest absolute Gasteiger partial charge is 0.463 e. The van der Waals surface area contributed by atoms with E-state index in [1.165, 1.54) is 6.08 Å². The predicted molar refractivity (Wildman–Crippen MR) is 164 cm³/mol. The number of hydrogen-bond donors (Lipinski definition) is 1. The SMILES string of the molecule is C=CC(=O)N1CC2(CCN(c3nc(OCCCN(C)C)nc4c(F)c(-c5c(C)ccc6[nH]ncc56)c(Cl)cc34)CC2)C1. The zero-order valence-electron chi connectivity index (χ0n) is 24.2. The van der Waals surface area contributed by atoms with Crippen molar-refractivity contribution in [1.82, 2.24) is 30.0 Å². The van der Waals surface area contributed by atoms with Gasteiger partial charge >= 0.3 is 6.01 Å². The van der Waals surface area contributed by atoms with Crippen molar-refractivity contribution in [1.29, 1.82) is 0 Å². The average molecular weight is 592 g/mol. The van der Waals surface area contributed by atoms with Gasteiger partial charge in [-0.2, -0.15) is 15.1 Å². The summed E-state index contributed by atoms with van der Waals surface area (Å²) in [5, 5.41) is 8.74. The van der Waals surface area contributed by atoms with E-state index in [0.29, 0.717) is 23.4 Å². The van der Waals surface area contributed by atoms with E-state index < -0.39 is 5.82 Å². The molecule has 4 aromatic rings. The fraction of sp³-hybridized carbons (Fsp3) is 0.419. The molecule has 1 amide bonds. The highest BCUT2D eigenvalue weighted by Gasteiger charge is 2.46. The first-order valence-corrected chi connectivity index (χ1v) is 14.6. The molecule has 42 heavy (non-hydrogen) atoms. The summed E-state index contributed by atoms with van der Waals surface area (Å²) >= 11 is 6.88. The fourth-order valence-electron chi connectivity index (χ4n) is 6.25. The number of carbonyl (C=O) groups excluding carboxylic acids is 1. The van der Waals surface area contributed by atoms with Gasteiger partial charge in [0.25, 0.3) is 0 Å². The van der Waals surface area contributed by atoms with E-state index in [4.69, 9.17) is 21.3 Å². The van der Waals surface area contributed by atoms with Crippen LogP contribution in [-0.2, 0) is 4.79 Å². The van der Waals surface area contributed by atoms with Crippen LogP contribution in [0, 0.1) is 18.2 Å². The van der Waals surface area contributed by atoms with Crippen molar-refractivity contribution in [2.24, 2.45) is 5.41 Å². The number of carbonyl (C=O) groups is 1. The lowest BCUT2D eigenvalue weighted by molar-refractivity contribution is -0.139. The minimum absolute atomic E-state index is 0.0248. The van der Waals surface area contributed by atoms with Crippen LogP contribution in [-0.4, -0.2) is 89.3 Å². The Morgan fingerprint density at radius 2 is 1.98 bits per heavy atom. The molecule has 2 aliphatic rings. The Kier molecular flexibility index (Phi) is 7.53. The minimum Gasteiger partial charge on any atom is -0.463 e. The highest BCUT2D eigenvalue weighted by Crippen LogP contribution is 2.45. The molecule has 1 spiro atoms. The normalized spacial score (nSPS) is 16.4. The van der Waals surface area contributed by atoms with E-state index >= 15 is 4.39 Å². The third-order valence-electron chi connectivity index (χ3n) is 8.57. The van der Waals surface area contributed by atoms with Gasteiger partial charge in [-0.3, -0.25) is 9.89 Å². The Hall–Kier alpha value is -3.76. The van der Waals surface area contributed by atoms with Crippen LogP contribution in [0.5, 0.6) is 6.01 Å². The summed E-state index contributed by atoms with van der Waals surface area (Å²) in [6.07, 6.45) is 5.64. The molecule has 0 bridgehead atoms. The van der Waals surface area contributed by atoms with Crippen molar-refractivity contribution in [3.05, 3.63) is 53.5 Å². The molecule has 11 heteroatoms. The van der Waals surface area contributed by atoms with Crippen LogP contribution in [0.25, 0.3) is 32.9 Å². The highest BCUT2D eigenvalue weighted by atomic mass is 35.5. The molecule has 0 aliphatic carbocycles. The second-order valence-electron chi connectivity index (χ2n) is 11.8. The number of nitrogens with zero attached hydrogens (tertiary/aromatic N) is 6. The van der Waals surface area contributed by atoms with Gasteiger partial charge in [0.2, 0.25) is 5.91 Å². The van der Waals surface area contributed by atoms with Gasteiger partial charge in [0.05, 0.1) is 23.3 Å². The molecule has 0 atom stereocenters. The van der Waals surface area contributed by atoms with Crippen molar-refractivity contribution in [3.63, 3.8) is 0 Å². The first-order valence-electron chi connectivity index (χ1n) is 14.3. The summed E-state index contributed by atoms with van der Waals surface area (Å²) in [5.41, 5.74) is 2.92. The summed E-state index contributed by atoms with van der Waals surface area (Å²) in [7, 11) is 4.01. The quantitative estimate of drug-likeness (QED) is 0.222. The molecule has 2 aliphatic heterocycles. The van der Waals surface area contributed by atoms with E-state index in [2.05, 4.69) is 31.6 Å². The van der Waals surface area contributed by atoms with Gasteiger partial charge < -0.3 is 19.4 Å². The number of benzene rings is 2. The van der Waals surface area contributed by atoms with Crippen molar-refractivity contribution < 1.29 is 13.9 Å². The topological polar surface area (TPSA) is 90.5 Å². The van der Waals surface area contributed by atoms with Crippen molar-refractivity contribution in [3.8, 4) is 17.1 Å². The van der Waals surface area contributed by atoms with E-state index in [1.54, 1.807) is 12.3 Å². The molecule has 2 fully saturated rings. The van der Waals surface area contributed by atoms with E-state index in [1.807, 2.05) is 38.1 Å². The van der Waals surface area contributed by atoms with Crippen LogP contribution in [0.3, 0.4) is 0 Å². The van der Waals surface area contributed by atoms with Gasteiger partial charge in [0.15, 0.2) is 5.82 Å². The summed E-state index contributed by atoms with van der Waals surface area (Å²) in [6.45, 7) is 9.70. The van der Waals surface area contributed by atoms with Gasteiger partial charge in [0, 0.05) is 60.0 Å². The molecule has 0 radical (unpaired) electrons. The average Bonchev–Trinajstić information content (AvgIpc) is 3.44. The third-order valence-corrected chi connectivity index (χ3v) is 8.87. The molecule has 4 heterocycles. The predicted octanol–water partition coefficient (Wildman–Crippen LogP) is 5.22. The molecular weight excluding hydrogens is 557 g/mol. The number of aromatic nitrogens is 4. The number of anilines is 1. The van der Waals surface area contributed by atoms with Gasteiger partial charge in [0.1, 0.15) is 11.3 Å². The van der Waals surface area contributed by atoms with Crippen molar-refractivity contribution in [2.45, 2.75) is 26.2 Å². The number of amides is 1. The van der Waals surface area contributed by atoms with E-state index in [9.17, 15) is 4.79 Å². The molecule has 0 unspecified atom stereocenters. The molecule has 220 valence electrons. The van der Waals surface area contributed by atoms with Crippen LogP contribution in [0.4, 0.5) is 10.2 Å². The number of hydrogen-bond acceptors (Lipinski definition) is 7. The third kappa shape index (κ3) is 5.07. The summed E-state index contributed by atoms with van der Waals surface area (Å²) in [6, 6.07) is 5.77. The van der Waals surface area contributed by atoms with Crippen LogP contribution in [0.2, 0.25) is 5.02 Å². The molecule has 6 rings (SSSR count). The Morgan fingerprint density at radius 3 is 2.69 bits per heavy atom. The van der Waals surface area contributed by atoms with Crippen molar-refractivity contribution >= 4 is 45.1 Å². The number of nitrogens with one attached hydrogen (secondary N) is 1.